The summed E-state index contributed by atoms with van der Waals surface area (Å²) in [6, 6.07) is 1.41. The zero-order valence-electron chi connectivity index (χ0n) is 9.38. The highest BCUT2D eigenvalue weighted by molar-refractivity contribution is 5.38. The van der Waals surface area contributed by atoms with Crippen LogP contribution < -0.4 is 5.32 Å². The highest BCUT2D eigenvalue weighted by Gasteiger charge is 2.19. The minimum Gasteiger partial charge on any atom is -0.311 e. The molecule has 6 heteroatoms. The van der Waals surface area contributed by atoms with Gasteiger partial charge in [0.15, 0.2) is 11.6 Å². The molecule has 0 fully saturated rings. The van der Waals surface area contributed by atoms with Crippen molar-refractivity contribution in [1.82, 2.24) is 14.9 Å². The molecule has 2 aromatic rings. The summed E-state index contributed by atoms with van der Waals surface area (Å²) in [4.78, 5) is 4.14. The van der Waals surface area contributed by atoms with Crippen LogP contribution in [0, 0.1) is 17.5 Å². The van der Waals surface area contributed by atoms with E-state index < -0.39 is 17.5 Å². The number of benzene rings is 1. The molecular weight excluding hydrogens is 243 g/mol. The van der Waals surface area contributed by atoms with Gasteiger partial charge in [-0.3, -0.25) is 4.57 Å². The fraction of sp³-hybridized carbons (Fsp3) is 0.250. The molecule has 1 N–H and O–H groups in total. The quantitative estimate of drug-likeness (QED) is 0.787. The molecule has 1 aromatic heterocycles. The number of fused-ring (bicyclic) bond motifs is 1. The first kappa shape index (κ1) is 11.3. The third-order valence-corrected chi connectivity index (χ3v) is 3.03. The first-order valence-corrected chi connectivity index (χ1v) is 5.57. The van der Waals surface area contributed by atoms with Gasteiger partial charge < -0.3 is 5.32 Å². The first-order chi connectivity index (χ1) is 8.66. The summed E-state index contributed by atoms with van der Waals surface area (Å²) in [7, 11) is 0. The largest absolute Gasteiger partial charge is 0.311 e. The Morgan fingerprint density at radius 2 is 1.89 bits per heavy atom. The average Bonchev–Trinajstić information content (AvgIpc) is 2.78. The van der Waals surface area contributed by atoms with E-state index in [4.69, 9.17) is 0 Å². The lowest BCUT2D eigenvalue weighted by molar-refractivity contribution is 0.492. The lowest BCUT2D eigenvalue weighted by Crippen LogP contribution is -2.24. The fourth-order valence-corrected chi connectivity index (χ4v) is 2.14. The van der Waals surface area contributed by atoms with Gasteiger partial charge in [-0.2, -0.15) is 0 Å². The Morgan fingerprint density at radius 1 is 1.11 bits per heavy atom. The first-order valence-electron chi connectivity index (χ1n) is 5.57. The summed E-state index contributed by atoms with van der Waals surface area (Å²) < 4.78 is 41.3. The van der Waals surface area contributed by atoms with Crippen LogP contribution in [0.2, 0.25) is 0 Å². The van der Waals surface area contributed by atoms with Crippen LogP contribution in [0.25, 0.3) is 5.69 Å². The normalized spacial score (nSPS) is 14.6. The Morgan fingerprint density at radius 3 is 2.72 bits per heavy atom. The van der Waals surface area contributed by atoms with Crippen LogP contribution in [0.15, 0.2) is 18.5 Å². The van der Waals surface area contributed by atoms with Crippen molar-refractivity contribution >= 4 is 0 Å². The zero-order chi connectivity index (χ0) is 12.7. The second-order valence-corrected chi connectivity index (χ2v) is 4.15. The van der Waals surface area contributed by atoms with E-state index in [0.717, 1.165) is 24.0 Å². The Balaban J connectivity index is 2.15. The van der Waals surface area contributed by atoms with E-state index in [0.29, 0.717) is 19.0 Å². The molecular formula is C12H10F3N3. The van der Waals surface area contributed by atoms with Gasteiger partial charge in [0.05, 0.1) is 17.7 Å². The third-order valence-electron chi connectivity index (χ3n) is 3.03. The molecule has 2 heterocycles. The van der Waals surface area contributed by atoms with Gasteiger partial charge in [0.2, 0.25) is 0 Å². The Kier molecular flexibility index (Phi) is 2.59. The molecule has 0 radical (unpaired) electrons. The van der Waals surface area contributed by atoms with Crippen LogP contribution in [0.3, 0.4) is 0 Å². The second-order valence-electron chi connectivity index (χ2n) is 4.15. The lowest BCUT2D eigenvalue weighted by Gasteiger charge is -2.15. The summed E-state index contributed by atoms with van der Waals surface area (Å²) in [6.45, 7) is 1.36. The van der Waals surface area contributed by atoms with Crippen molar-refractivity contribution in [3.05, 3.63) is 47.3 Å². The van der Waals surface area contributed by atoms with E-state index in [-0.39, 0.29) is 5.69 Å². The van der Waals surface area contributed by atoms with Crippen LogP contribution in [-0.4, -0.2) is 16.1 Å². The van der Waals surface area contributed by atoms with Crippen LogP contribution in [0.5, 0.6) is 0 Å². The number of aromatic nitrogens is 2. The van der Waals surface area contributed by atoms with E-state index in [1.807, 2.05) is 0 Å². The number of imidazole rings is 1. The minimum absolute atomic E-state index is 0.00968. The van der Waals surface area contributed by atoms with Gasteiger partial charge in [0.1, 0.15) is 5.82 Å². The molecule has 1 aliphatic heterocycles. The maximum Gasteiger partial charge on any atom is 0.161 e. The Hall–Kier alpha value is -1.82. The highest BCUT2D eigenvalue weighted by Crippen LogP contribution is 2.22. The van der Waals surface area contributed by atoms with E-state index in [1.54, 1.807) is 0 Å². The smallest absolute Gasteiger partial charge is 0.161 e. The van der Waals surface area contributed by atoms with Crippen molar-refractivity contribution < 1.29 is 13.2 Å². The monoisotopic (exact) mass is 253 g/mol. The van der Waals surface area contributed by atoms with Crippen molar-refractivity contribution in [2.45, 2.75) is 13.0 Å². The molecule has 3 rings (SSSR count). The molecule has 1 aliphatic rings. The van der Waals surface area contributed by atoms with Gasteiger partial charge in [0.25, 0.3) is 0 Å². The van der Waals surface area contributed by atoms with E-state index >= 15 is 0 Å². The Labute approximate surface area is 101 Å². The topological polar surface area (TPSA) is 29.9 Å². The van der Waals surface area contributed by atoms with Crippen LogP contribution in [0.4, 0.5) is 13.2 Å². The number of hydrogen-bond donors (Lipinski definition) is 1. The molecule has 0 aliphatic carbocycles. The molecule has 0 saturated carbocycles. The summed E-state index contributed by atoms with van der Waals surface area (Å²) in [5, 5.41) is 3.14. The molecule has 18 heavy (non-hydrogen) atoms. The number of halogens is 3. The van der Waals surface area contributed by atoms with E-state index in [1.165, 1.54) is 10.9 Å². The van der Waals surface area contributed by atoms with Crippen LogP contribution in [0.1, 0.15) is 11.4 Å². The van der Waals surface area contributed by atoms with Crippen molar-refractivity contribution in [1.29, 1.82) is 0 Å². The fourth-order valence-electron chi connectivity index (χ4n) is 2.14. The van der Waals surface area contributed by atoms with Crippen molar-refractivity contribution in [2.24, 2.45) is 0 Å². The van der Waals surface area contributed by atoms with Gasteiger partial charge in [0, 0.05) is 37.3 Å². The summed E-state index contributed by atoms with van der Waals surface area (Å²) >= 11 is 0. The molecule has 0 unspecified atom stereocenters. The summed E-state index contributed by atoms with van der Waals surface area (Å²) in [6.07, 6.45) is 2.11. The number of nitrogens with zero attached hydrogens (tertiary/aromatic N) is 2. The van der Waals surface area contributed by atoms with Crippen LogP contribution in [-0.2, 0) is 13.0 Å². The average molecular weight is 253 g/mol. The number of hydrogen-bond acceptors (Lipinski definition) is 2. The second kappa shape index (κ2) is 4.13. The molecule has 0 saturated heterocycles. The van der Waals surface area contributed by atoms with Crippen molar-refractivity contribution in [2.75, 3.05) is 6.54 Å². The summed E-state index contributed by atoms with van der Waals surface area (Å²) in [5.74, 6) is -3.05. The highest BCUT2D eigenvalue weighted by atomic mass is 19.2. The molecule has 3 nitrogen and oxygen atoms in total. The summed E-state index contributed by atoms with van der Waals surface area (Å²) in [5.41, 5.74) is 1.63. The van der Waals surface area contributed by atoms with E-state index in [9.17, 15) is 13.2 Å². The molecule has 0 spiro atoms. The molecule has 0 amide bonds. The lowest BCUT2D eigenvalue weighted by atomic mass is 10.1. The SMILES string of the molecule is Fc1cc(F)c(-n2cnc3c2CCNC3)cc1F. The maximum atomic E-state index is 13.7. The number of nitrogens with one attached hydrogen (secondary N) is 1. The van der Waals surface area contributed by atoms with Crippen LogP contribution >= 0.6 is 0 Å². The predicted molar refractivity (Wildman–Crippen MR) is 58.8 cm³/mol. The van der Waals surface area contributed by atoms with Gasteiger partial charge >= 0.3 is 0 Å². The van der Waals surface area contributed by atoms with Gasteiger partial charge in [-0.05, 0) is 0 Å². The number of rotatable bonds is 1. The maximum absolute atomic E-state index is 13.7. The molecule has 0 atom stereocenters. The molecule has 1 aromatic carbocycles. The predicted octanol–water partition coefficient (Wildman–Crippen LogP) is 1.94. The van der Waals surface area contributed by atoms with Gasteiger partial charge in [-0.15, -0.1) is 0 Å². The van der Waals surface area contributed by atoms with E-state index in [2.05, 4.69) is 10.3 Å². The zero-order valence-corrected chi connectivity index (χ0v) is 9.38. The standard InChI is InChI=1S/C12H10F3N3/c13-7-3-9(15)12(4-8(7)14)18-6-17-10-5-16-2-1-11(10)18/h3-4,6,16H,1-2,5H2. The minimum atomic E-state index is -1.19. The molecule has 0 bridgehead atoms. The Bertz CT molecular complexity index is 607. The van der Waals surface area contributed by atoms with Crippen molar-refractivity contribution in [3.8, 4) is 5.69 Å². The van der Waals surface area contributed by atoms with Gasteiger partial charge in [-0.25, -0.2) is 18.2 Å². The third kappa shape index (κ3) is 1.69. The van der Waals surface area contributed by atoms with Gasteiger partial charge in [-0.1, -0.05) is 0 Å². The molecule has 94 valence electrons. The van der Waals surface area contributed by atoms with Crippen molar-refractivity contribution in [3.63, 3.8) is 0 Å².